The van der Waals surface area contributed by atoms with E-state index in [0.717, 1.165) is 23.6 Å². The van der Waals surface area contributed by atoms with E-state index in [4.69, 9.17) is 11.1 Å². The summed E-state index contributed by atoms with van der Waals surface area (Å²) in [5.74, 6) is 0.530. The van der Waals surface area contributed by atoms with Gasteiger partial charge in [-0.1, -0.05) is 0 Å². The van der Waals surface area contributed by atoms with Gasteiger partial charge in [-0.15, -0.1) is 0 Å². The van der Waals surface area contributed by atoms with Crippen LogP contribution >= 0.6 is 0 Å². The Morgan fingerprint density at radius 2 is 1.86 bits per heavy atom. The van der Waals surface area contributed by atoms with Crippen LogP contribution in [-0.2, 0) is 0 Å². The van der Waals surface area contributed by atoms with Gasteiger partial charge in [0.25, 0.3) is 0 Å². The van der Waals surface area contributed by atoms with E-state index >= 15 is 0 Å². The molecule has 6 nitrogen and oxygen atoms in total. The Hall–Kier alpha value is -2.73. The van der Waals surface area contributed by atoms with Crippen molar-refractivity contribution >= 4 is 23.8 Å². The smallest absolute Gasteiger partial charge is 0.125 e. The van der Waals surface area contributed by atoms with Crippen molar-refractivity contribution < 1.29 is 5.11 Å². The number of likely N-dealkylation sites (N-methyl/N-ethyl adjacent to an activating group) is 1. The Bertz CT molecular complexity index is 971. The topological polar surface area (TPSA) is 97.4 Å². The molecular formula is C23H33N5O. The van der Waals surface area contributed by atoms with E-state index in [0.29, 0.717) is 16.8 Å². The number of benzene rings is 1. The summed E-state index contributed by atoms with van der Waals surface area (Å²) in [5.41, 5.74) is 7.69. The van der Waals surface area contributed by atoms with E-state index < -0.39 is 0 Å². The second-order valence-corrected chi connectivity index (χ2v) is 9.38. The van der Waals surface area contributed by atoms with Crippen molar-refractivity contribution in [3.05, 3.63) is 46.5 Å². The molecule has 1 saturated heterocycles. The third-order valence-electron chi connectivity index (χ3n) is 5.63. The minimum atomic E-state index is 0.0180. The molecule has 2 heterocycles. The molecule has 3 rings (SSSR count). The zero-order chi connectivity index (χ0) is 21.4. The van der Waals surface area contributed by atoms with Gasteiger partial charge in [0.15, 0.2) is 0 Å². The Kier molecular flexibility index (Phi) is 5.50. The molecule has 2 aliphatic heterocycles. The molecule has 0 saturated carbocycles. The predicted molar refractivity (Wildman–Crippen MR) is 121 cm³/mol. The number of rotatable bonds is 3. The van der Waals surface area contributed by atoms with Crippen LogP contribution in [0.25, 0.3) is 18.0 Å². The minimum Gasteiger partial charge on any atom is -0.507 e. The number of fused-ring (bicyclic) bond motifs is 1. The number of hydrogen-bond acceptors (Lipinski definition) is 5. The molecule has 0 unspecified atom stereocenters. The highest BCUT2D eigenvalue weighted by Gasteiger charge is 2.39. The van der Waals surface area contributed by atoms with Crippen molar-refractivity contribution in [2.75, 3.05) is 7.05 Å². The fourth-order valence-corrected chi connectivity index (χ4v) is 4.51. The summed E-state index contributed by atoms with van der Waals surface area (Å²) < 4.78 is 0. The zero-order valence-electron chi connectivity index (χ0n) is 18.0. The van der Waals surface area contributed by atoms with Crippen LogP contribution in [0.5, 0.6) is 5.75 Å². The highest BCUT2D eigenvalue weighted by molar-refractivity contribution is 5.92. The fourth-order valence-electron chi connectivity index (χ4n) is 4.51. The number of nitrogens with one attached hydrogen (secondary N) is 3. The molecule has 0 aliphatic carbocycles. The van der Waals surface area contributed by atoms with Gasteiger partial charge in [0.2, 0.25) is 0 Å². The monoisotopic (exact) mass is 395 g/mol. The fraction of sp³-hybridized carbons (Fsp3) is 0.435. The first kappa shape index (κ1) is 21.0. The number of nitrogens with two attached hydrogens (primary N) is 1. The van der Waals surface area contributed by atoms with Gasteiger partial charge >= 0.3 is 0 Å². The van der Waals surface area contributed by atoms with Crippen LogP contribution in [0.4, 0.5) is 0 Å². The predicted octanol–water partition coefficient (Wildman–Crippen LogP) is 1.55. The quantitative estimate of drug-likeness (QED) is 0.395. The van der Waals surface area contributed by atoms with E-state index in [1.807, 2.05) is 36.5 Å². The number of phenols is 1. The molecule has 0 bridgehead atoms. The summed E-state index contributed by atoms with van der Waals surface area (Å²) >= 11 is 0. The standard InChI is InChI=1S/C23H33N5O/c1-22(2)12-17(13-23(3,4)27-22)28(5)21(25)7-6-19(24)18-10-15-8-9-26-14-16(15)11-20(18)29/h6-11,14,17,25-27,29H,12-13,24H2,1-5H3. The number of phenolic OH excluding ortho intramolecular Hbond substituents is 1. The zero-order valence-corrected chi connectivity index (χ0v) is 18.0. The molecule has 0 radical (unpaired) electrons. The summed E-state index contributed by atoms with van der Waals surface area (Å²) in [7, 11) is 1.97. The molecule has 29 heavy (non-hydrogen) atoms. The molecule has 1 aromatic carbocycles. The van der Waals surface area contributed by atoms with Crippen LogP contribution in [0.2, 0.25) is 0 Å². The molecule has 0 atom stereocenters. The van der Waals surface area contributed by atoms with Gasteiger partial charge in [0, 0.05) is 52.7 Å². The highest BCUT2D eigenvalue weighted by Crippen LogP contribution is 2.31. The summed E-state index contributed by atoms with van der Waals surface area (Å²) in [6.07, 6.45) is 10.9. The lowest BCUT2D eigenvalue weighted by Gasteiger charge is -2.49. The maximum absolute atomic E-state index is 10.4. The molecule has 0 spiro atoms. The first-order valence-corrected chi connectivity index (χ1v) is 10.0. The van der Waals surface area contributed by atoms with Crippen LogP contribution in [-0.4, -0.2) is 40.0 Å². The Morgan fingerprint density at radius 1 is 1.21 bits per heavy atom. The average Bonchev–Trinajstić information content (AvgIpc) is 2.62. The van der Waals surface area contributed by atoms with Crippen molar-refractivity contribution in [2.45, 2.75) is 57.7 Å². The van der Waals surface area contributed by atoms with E-state index in [1.165, 1.54) is 0 Å². The molecule has 6 N–H and O–H groups in total. The van der Waals surface area contributed by atoms with Gasteiger partial charge in [-0.3, -0.25) is 5.41 Å². The SMILES string of the molecule is CN(C(=N)C=CC(N)=c1cc2c(cc1O)=CNC=C2)C1CC(C)(C)NC(C)(C)C1. The highest BCUT2D eigenvalue weighted by atomic mass is 16.3. The van der Waals surface area contributed by atoms with E-state index in [2.05, 4.69) is 38.3 Å². The number of piperidine rings is 1. The van der Waals surface area contributed by atoms with Crippen molar-refractivity contribution in [2.24, 2.45) is 5.73 Å². The largest absolute Gasteiger partial charge is 0.507 e. The molecule has 156 valence electrons. The van der Waals surface area contributed by atoms with Crippen LogP contribution < -0.4 is 26.8 Å². The lowest BCUT2D eigenvalue weighted by atomic mass is 9.79. The average molecular weight is 396 g/mol. The Morgan fingerprint density at radius 3 is 2.52 bits per heavy atom. The Balaban J connectivity index is 1.82. The summed E-state index contributed by atoms with van der Waals surface area (Å²) in [5, 5.41) is 27.0. The number of amidine groups is 1. The van der Waals surface area contributed by atoms with Crippen LogP contribution in [0.3, 0.4) is 0 Å². The number of aromatic hydroxyl groups is 1. The summed E-state index contributed by atoms with van der Waals surface area (Å²) in [6, 6.07) is 3.83. The maximum atomic E-state index is 10.4. The normalized spacial score (nSPS) is 21.1. The Labute approximate surface area is 173 Å². The summed E-state index contributed by atoms with van der Waals surface area (Å²) in [6.45, 7) is 8.83. The van der Waals surface area contributed by atoms with Gasteiger partial charge < -0.3 is 26.4 Å². The van der Waals surface area contributed by atoms with E-state index in [1.54, 1.807) is 18.2 Å². The third-order valence-corrected chi connectivity index (χ3v) is 5.63. The second kappa shape index (κ2) is 7.59. The van der Waals surface area contributed by atoms with Crippen molar-refractivity contribution in [3.8, 4) is 5.75 Å². The van der Waals surface area contributed by atoms with E-state index in [-0.39, 0.29) is 22.9 Å². The molecular weight excluding hydrogens is 362 g/mol. The van der Waals surface area contributed by atoms with Gasteiger partial charge in [-0.25, -0.2) is 0 Å². The number of nitrogens with zero attached hydrogens (tertiary/aromatic N) is 1. The molecule has 0 aromatic heterocycles. The van der Waals surface area contributed by atoms with Crippen LogP contribution in [0.1, 0.15) is 46.1 Å². The first-order valence-electron chi connectivity index (χ1n) is 10.0. The number of hydrogen-bond donors (Lipinski definition) is 5. The summed E-state index contributed by atoms with van der Waals surface area (Å²) in [4.78, 5) is 2.02. The third kappa shape index (κ3) is 4.82. The first-order chi connectivity index (χ1) is 13.5. The van der Waals surface area contributed by atoms with E-state index in [9.17, 15) is 5.11 Å². The van der Waals surface area contributed by atoms with Crippen molar-refractivity contribution in [3.63, 3.8) is 0 Å². The molecule has 2 aliphatic rings. The van der Waals surface area contributed by atoms with Gasteiger partial charge in [0.05, 0.1) is 0 Å². The van der Waals surface area contributed by atoms with Crippen molar-refractivity contribution in [1.82, 2.24) is 15.5 Å². The van der Waals surface area contributed by atoms with Gasteiger partial charge in [-0.05, 0) is 76.5 Å². The van der Waals surface area contributed by atoms with Gasteiger partial charge in [-0.2, -0.15) is 0 Å². The van der Waals surface area contributed by atoms with Crippen LogP contribution in [0, 0.1) is 5.41 Å². The van der Waals surface area contributed by atoms with Crippen molar-refractivity contribution in [1.29, 1.82) is 5.41 Å². The molecule has 0 amide bonds. The lowest BCUT2D eigenvalue weighted by molar-refractivity contribution is 0.114. The lowest BCUT2D eigenvalue weighted by Crippen LogP contribution is -2.62. The minimum absolute atomic E-state index is 0.0180. The maximum Gasteiger partial charge on any atom is 0.125 e. The van der Waals surface area contributed by atoms with Gasteiger partial charge in [0.1, 0.15) is 11.6 Å². The molecule has 6 heteroatoms. The molecule has 1 fully saturated rings. The molecule has 1 aromatic rings. The van der Waals surface area contributed by atoms with Crippen LogP contribution in [0.15, 0.2) is 30.5 Å². The second-order valence-electron chi connectivity index (χ2n) is 9.38.